The van der Waals surface area contributed by atoms with Crippen LogP contribution in [0.3, 0.4) is 0 Å². The highest BCUT2D eigenvalue weighted by Crippen LogP contribution is 2.34. The number of esters is 1. The van der Waals surface area contributed by atoms with Gasteiger partial charge < -0.3 is 14.8 Å². The third-order valence-electron chi connectivity index (χ3n) is 6.43. The number of carbonyl (C=O) groups excluding carboxylic acids is 3. The van der Waals surface area contributed by atoms with E-state index in [-0.39, 0.29) is 5.91 Å². The van der Waals surface area contributed by atoms with Crippen LogP contribution in [0.1, 0.15) is 76.0 Å². The number of carbonyl (C=O) groups is 3. The Kier molecular flexibility index (Phi) is 9.55. The second-order valence-corrected chi connectivity index (χ2v) is 11.2. The summed E-state index contributed by atoms with van der Waals surface area (Å²) in [6.45, 7) is 15.4. The Morgan fingerprint density at radius 2 is 1.68 bits per heavy atom. The fourth-order valence-corrected chi connectivity index (χ4v) is 4.72. The molecule has 0 aliphatic carbocycles. The molecule has 0 spiro atoms. The minimum Gasteiger partial charge on any atom is -0.444 e. The van der Waals surface area contributed by atoms with Gasteiger partial charge in [-0.2, -0.15) is 0 Å². The molecule has 2 aromatic rings. The SMILES string of the molecule is CC(C)N(CCNC(=O)C1c2ccc(OC(=O)c3ccccc3)cc2CCN1C(=O)OC(C)(C)C)C(C)C. The number of benzene rings is 2. The van der Waals surface area contributed by atoms with Gasteiger partial charge in [-0.15, -0.1) is 0 Å². The molecule has 3 rings (SSSR count). The van der Waals surface area contributed by atoms with E-state index in [1.165, 1.54) is 4.90 Å². The number of nitrogens with zero attached hydrogens (tertiary/aromatic N) is 2. The van der Waals surface area contributed by atoms with Crippen LogP contribution < -0.4 is 10.1 Å². The predicted octanol–water partition coefficient (Wildman–Crippen LogP) is 4.98. The number of fused-ring (bicyclic) bond motifs is 1. The van der Waals surface area contributed by atoms with Crippen molar-refractivity contribution in [3.63, 3.8) is 0 Å². The van der Waals surface area contributed by atoms with Crippen LogP contribution in [0.5, 0.6) is 5.75 Å². The van der Waals surface area contributed by atoms with Gasteiger partial charge in [0.2, 0.25) is 5.91 Å². The molecule has 0 aromatic heterocycles. The van der Waals surface area contributed by atoms with Crippen LogP contribution in [0.25, 0.3) is 0 Å². The van der Waals surface area contributed by atoms with E-state index in [1.807, 2.05) is 6.07 Å². The van der Waals surface area contributed by atoms with Crippen molar-refractivity contribution in [3.8, 4) is 5.75 Å². The molecule has 1 atom stereocenters. The van der Waals surface area contributed by atoms with Crippen molar-refractivity contribution in [1.29, 1.82) is 0 Å². The highest BCUT2D eigenvalue weighted by molar-refractivity contribution is 5.91. The summed E-state index contributed by atoms with van der Waals surface area (Å²) in [5.74, 6) is -0.323. The summed E-state index contributed by atoms with van der Waals surface area (Å²) in [5, 5.41) is 3.03. The van der Waals surface area contributed by atoms with Crippen LogP contribution >= 0.6 is 0 Å². The number of hydrogen-bond acceptors (Lipinski definition) is 6. The molecule has 1 aliphatic rings. The van der Waals surface area contributed by atoms with Gasteiger partial charge >= 0.3 is 12.1 Å². The lowest BCUT2D eigenvalue weighted by Crippen LogP contribution is -2.50. The average Bonchev–Trinajstić information content (AvgIpc) is 2.84. The minimum atomic E-state index is -0.848. The first-order chi connectivity index (χ1) is 17.9. The van der Waals surface area contributed by atoms with Crippen LogP contribution in [-0.4, -0.2) is 65.1 Å². The fraction of sp³-hybridized carbons (Fsp3) is 0.500. The lowest BCUT2D eigenvalue weighted by Gasteiger charge is -2.37. The van der Waals surface area contributed by atoms with E-state index in [9.17, 15) is 14.4 Å². The third kappa shape index (κ3) is 7.57. The first kappa shape index (κ1) is 29.2. The number of ether oxygens (including phenoxy) is 2. The van der Waals surface area contributed by atoms with Crippen molar-refractivity contribution < 1.29 is 23.9 Å². The topological polar surface area (TPSA) is 88.2 Å². The third-order valence-corrected chi connectivity index (χ3v) is 6.43. The van der Waals surface area contributed by atoms with Gasteiger partial charge in [0.05, 0.1) is 5.56 Å². The maximum atomic E-state index is 13.5. The van der Waals surface area contributed by atoms with Crippen LogP contribution in [0.15, 0.2) is 48.5 Å². The zero-order valence-corrected chi connectivity index (χ0v) is 23.6. The van der Waals surface area contributed by atoms with Gasteiger partial charge in [-0.25, -0.2) is 9.59 Å². The van der Waals surface area contributed by atoms with E-state index >= 15 is 0 Å². The van der Waals surface area contributed by atoms with Crippen molar-refractivity contribution >= 4 is 18.0 Å². The summed E-state index contributed by atoms with van der Waals surface area (Å²) < 4.78 is 11.2. The Morgan fingerprint density at radius 1 is 1.03 bits per heavy atom. The Bertz CT molecular complexity index is 1120. The van der Waals surface area contributed by atoms with E-state index in [4.69, 9.17) is 9.47 Å². The fourth-order valence-electron chi connectivity index (χ4n) is 4.72. The van der Waals surface area contributed by atoms with E-state index in [1.54, 1.807) is 63.2 Å². The summed E-state index contributed by atoms with van der Waals surface area (Å²) >= 11 is 0. The standard InChI is InChI=1S/C30H41N3O5/c1-20(2)32(21(3)4)18-16-31-27(34)26-25-14-13-24(37-28(35)22-11-9-8-10-12-22)19-23(25)15-17-33(26)29(36)38-30(5,6)7/h8-14,19-21,26H,15-18H2,1-7H3,(H,31,34). The van der Waals surface area contributed by atoms with Crippen LogP contribution in [0, 0.1) is 0 Å². The minimum absolute atomic E-state index is 0.265. The lowest BCUT2D eigenvalue weighted by atomic mass is 9.92. The number of hydrogen-bond donors (Lipinski definition) is 1. The number of rotatable bonds is 8. The van der Waals surface area contributed by atoms with Crippen LogP contribution in [0.2, 0.25) is 0 Å². The van der Waals surface area contributed by atoms with Crippen molar-refractivity contribution in [3.05, 3.63) is 65.2 Å². The first-order valence-corrected chi connectivity index (χ1v) is 13.3. The predicted molar refractivity (Wildman–Crippen MR) is 147 cm³/mol. The Balaban J connectivity index is 1.83. The zero-order chi connectivity index (χ0) is 28.0. The zero-order valence-electron chi connectivity index (χ0n) is 23.6. The molecule has 0 saturated carbocycles. The van der Waals surface area contributed by atoms with Gasteiger partial charge in [0.25, 0.3) is 0 Å². The lowest BCUT2D eigenvalue weighted by molar-refractivity contribution is -0.127. The second kappa shape index (κ2) is 12.4. The molecule has 0 radical (unpaired) electrons. The van der Waals surface area contributed by atoms with Gasteiger partial charge in [-0.05, 0) is 90.3 Å². The average molecular weight is 524 g/mol. The summed E-state index contributed by atoms with van der Waals surface area (Å²) in [5.41, 5.74) is 1.32. The van der Waals surface area contributed by atoms with Crippen LogP contribution in [-0.2, 0) is 16.0 Å². The van der Waals surface area contributed by atoms with Crippen LogP contribution in [0.4, 0.5) is 4.79 Å². The van der Waals surface area contributed by atoms with Crippen molar-refractivity contribution in [2.45, 2.75) is 78.6 Å². The molecule has 38 heavy (non-hydrogen) atoms. The monoisotopic (exact) mass is 523 g/mol. The molecule has 2 aromatic carbocycles. The molecule has 8 nitrogen and oxygen atoms in total. The van der Waals surface area contributed by atoms with E-state index in [2.05, 4.69) is 37.9 Å². The molecular weight excluding hydrogens is 482 g/mol. The molecule has 0 saturated heterocycles. The molecule has 1 N–H and O–H groups in total. The maximum Gasteiger partial charge on any atom is 0.411 e. The van der Waals surface area contributed by atoms with E-state index in [0.717, 1.165) is 5.56 Å². The smallest absolute Gasteiger partial charge is 0.411 e. The van der Waals surface area contributed by atoms with Crippen molar-refractivity contribution in [2.24, 2.45) is 0 Å². The molecule has 1 unspecified atom stereocenters. The molecular formula is C30H41N3O5. The summed E-state index contributed by atoms with van der Waals surface area (Å²) in [7, 11) is 0. The van der Waals surface area contributed by atoms with Gasteiger partial charge in [-0.3, -0.25) is 14.6 Å². The molecule has 206 valence electrons. The highest BCUT2D eigenvalue weighted by atomic mass is 16.6. The molecule has 0 bridgehead atoms. The first-order valence-electron chi connectivity index (χ1n) is 13.3. The highest BCUT2D eigenvalue weighted by Gasteiger charge is 2.38. The van der Waals surface area contributed by atoms with Crippen molar-refractivity contribution in [2.75, 3.05) is 19.6 Å². The van der Waals surface area contributed by atoms with Crippen molar-refractivity contribution in [1.82, 2.24) is 15.1 Å². The summed E-state index contributed by atoms with van der Waals surface area (Å²) in [6, 6.07) is 13.8. The normalized spacial score (nSPS) is 15.4. The Labute approximate surface area is 226 Å². The number of nitrogens with one attached hydrogen (secondary N) is 1. The Hall–Kier alpha value is -3.39. The molecule has 0 fully saturated rings. The second-order valence-electron chi connectivity index (χ2n) is 11.2. The largest absolute Gasteiger partial charge is 0.444 e. The van der Waals surface area contributed by atoms with Gasteiger partial charge in [-0.1, -0.05) is 24.3 Å². The summed E-state index contributed by atoms with van der Waals surface area (Å²) in [6.07, 6.45) is -0.0299. The summed E-state index contributed by atoms with van der Waals surface area (Å²) in [4.78, 5) is 43.0. The maximum absolute atomic E-state index is 13.5. The Morgan fingerprint density at radius 3 is 2.29 bits per heavy atom. The molecule has 1 heterocycles. The van der Waals surface area contributed by atoms with Gasteiger partial charge in [0.1, 0.15) is 17.4 Å². The van der Waals surface area contributed by atoms with Gasteiger partial charge in [0, 0.05) is 31.7 Å². The number of amides is 2. The quantitative estimate of drug-likeness (QED) is 0.388. The van der Waals surface area contributed by atoms with E-state index < -0.39 is 23.7 Å². The molecule has 2 amide bonds. The van der Waals surface area contributed by atoms with Gasteiger partial charge in [0.15, 0.2) is 0 Å². The van der Waals surface area contributed by atoms with E-state index in [0.29, 0.717) is 55.0 Å². The molecule has 1 aliphatic heterocycles. The molecule has 8 heteroatoms.